The Morgan fingerprint density at radius 1 is 1.19 bits per heavy atom. The van der Waals surface area contributed by atoms with Gasteiger partial charge >= 0.3 is 5.97 Å². The van der Waals surface area contributed by atoms with Crippen LogP contribution in [0.25, 0.3) is 0 Å². The summed E-state index contributed by atoms with van der Waals surface area (Å²) in [5.74, 6) is -0.662. The molecular formula is C19H26N2O5. The van der Waals surface area contributed by atoms with Crippen LogP contribution in [0.2, 0.25) is 0 Å². The number of nitrogens with zero attached hydrogens (tertiary/aromatic N) is 1. The van der Waals surface area contributed by atoms with Gasteiger partial charge in [0.15, 0.2) is 0 Å². The van der Waals surface area contributed by atoms with E-state index in [0.717, 1.165) is 6.42 Å². The Bertz CT molecular complexity index is 647. The fourth-order valence-electron chi connectivity index (χ4n) is 2.73. The highest BCUT2D eigenvalue weighted by molar-refractivity contribution is 6.01. The molecular weight excluding hydrogens is 336 g/mol. The van der Waals surface area contributed by atoms with Crippen LogP contribution in [0.4, 0.5) is 0 Å². The second-order valence-corrected chi connectivity index (χ2v) is 6.07. The van der Waals surface area contributed by atoms with Gasteiger partial charge in [0.05, 0.1) is 25.2 Å². The van der Waals surface area contributed by atoms with Crippen molar-refractivity contribution in [2.24, 2.45) is 0 Å². The maximum atomic E-state index is 13.0. The fraction of sp³-hybridized carbons (Fsp3) is 0.526. The molecule has 1 atom stereocenters. The van der Waals surface area contributed by atoms with Crippen molar-refractivity contribution in [2.45, 2.75) is 39.2 Å². The Labute approximate surface area is 153 Å². The van der Waals surface area contributed by atoms with Gasteiger partial charge in [0, 0.05) is 13.1 Å². The first kappa shape index (κ1) is 19.8. The molecule has 1 fully saturated rings. The zero-order valence-electron chi connectivity index (χ0n) is 15.3. The Balaban J connectivity index is 2.19. The third-order valence-electron chi connectivity index (χ3n) is 4.00. The predicted octanol–water partition coefficient (Wildman–Crippen LogP) is 1.76. The van der Waals surface area contributed by atoms with Gasteiger partial charge in [0.2, 0.25) is 5.91 Å². The van der Waals surface area contributed by atoms with Gasteiger partial charge in [0.1, 0.15) is 11.8 Å². The van der Waals surface area contributed by atoms with E-state index in [-0.39, 0.29) is 18.2 Å². The molecule has 142 valence electrons. The zero-order chi connectivity index (χ0) is 18.9. The molecule has 1 N–H and O–H groups in total. The van der Waals surface area contributed by atoms with E-state index in [1.807, 2.05) is 13.8 Å². The fourth-order valence-corrected chi connectivity index (χ4v) is 2.73. The van der Waals surface area contributed by atoms with E-state index in [9.17, 15) is 14.4 Å². The van der Waals surface area contributed by atoms with E-state index in [1.54, 1.807) is 24.3 Å². The van der Waals surface area contributed by atoms with Crippen molar-refractivity contribution in [1.29, 1.82) is 0 Å². The second kappa shape index (κ2) is 9.79. The van der Waals surface area contributed by atoms with Crippen LogP contribution in [0.5, 0.6) is 5.75 Å². The van der Waals surface area contributed by atoms with E-state index in [0.29, 0.717) is 44.0 Å². The van der Waals surface area contributed by atoms with Crippen LogP contribution in [-0.2, 0) is 14.3 Å². The van der Waals surface area contributed by atoms with Gasteiger partial charge < -0.3 is 19.7 Å². The van der Waals surface area contributed by atoms with E-state index in [2.05, 4.69) is 5.32 Å². The topological polar surface area (TPSA) is 84.9 Å². The van der Waals surface area contributed by atoms with Gasteiger partial charge in [-0.25, -0.2) is 0 Å². The summed E-state index contributed by atoms with van der Waals surface area (Å²) in [4.78, 5) is 38.7. The van der Waals surface area contributed by atoms with E-state index in [4.69, 9.17) is 9.47 Å². The Morgan fingerprint density at radius 2 is 1.92 bits per heavy atom. The molecule has 1 unspecified atom stereocenters. The minimum atomic E-state index is -0.875. The smallest absolute Gasteiger partial charge is 0.308 e. The number of para-hydroxylation sites is 1. The van der Waals surface area contributed by atoms with Crippen LogP contribution in [0.1, 0.15) is 43.5 Å². The van der Waals surface area contributed by atoms with Gasteiger partial charge in [0.25, 0.3) is 5.91 Å². The number of piperazine rings is 1. The van der Waals surface area contributed by atoms with Crippen molar-refractivity contribution in [1.82, 2.24) is 10.2 Å². The number of ether oxygens (including phenoxy) is 2. The van der Waals surface area contributed by atoms with Gasteiger partial charge in [-0.2, -0.15) is 0 Å². The first-order chi connectivity index (χ1) is 12.6. The standard InChI is InChI=1S/C19H26N2O5/c1-3-11-25-16-8-6-5-7-14(16)19(24)21-10-9-20-18(23)15(21)13-17(22)26-12-4-2/h5-8,15H,3-4,9-13H2,1-2H3,(H,20,23). The van der Waals surface area contributed by atoms with E-state index < -0.39 is 12.0 Å². The van der Waals surface area contributed by atoms with Gasteiger partial charge in [-0.3, -0.25) is 14.4 Å². The van der Waals surface area contributed by atoms with Crippen LogP contribution in [0.3, 0.4) is 0 Å². The molecule has 1 aliphatic rings. The van der Waals surface area contributed by atoms with Crippen molar-refractivity contribution in [3.8, 4) is 5.75 Å². The predicted molar refractivity (Wildman–Crippen MR) is 95.9 cm³/mol. The molecule has 1 aliphatic heterocycles. The monoisotopic (exact) mass is 362 g/mol. The first-order valence-corrected chi connectivity index (χ1v) is 9.04. The van der Waals surface area contributed by atoms with Crippen molar-refractivity contribution >= 4 is 17.8 Å². The highest BCUT2D eigenvalue weighted by Gasteiger charge is 2.36. The molecule has 0 aliphatic carbocycles. The summed E-state index contributed by atoms with van der Waals surface area (Å²) >= 11 is 0. The van der Waals surface area contributed by atoms with Crippen LogP contribution in [0.15, 0.2) is 24.3 Å². The number of rotatable bonds is 8. The third kappa shape index (κ3) is 4.97. The number of carbonyl (C=O) groups is 3. The summed E-state index contributed by atoms with van der Waals surface area (Å²) in [7, 11) is 0. The minimum Gasteiger partial charge on any atom is -0.493 e. The van der Waals surface area contributed by atoms with Crippen molar-refractivity contribution in [3.63, 3.8) is 0 Å². The van der Waals surface area contributed by atoms with Crippen LogP contribution < -0.4 is 10.1 Å². The molecule has 0 bridgehead atoms. The van der Waals surface area contributed by atoms with Crippen molar-refractivity contribution < 1.29 is 23.9 Å². The van der Waals surface area contributed by atoms with Crippen LogP contribution >= 0.6 is 0 Å². The van der Waals surface area contributed by atoms with Gasteiger partial charge in [-0.1, -0.05) is 26.0 Å². The highest BCUT2D eigenvalue weighted by Crippen LogP contribution is 2.23. The Morgan fingerprint density at radius 3 is 2.65 bits per heavy atom. The molecule has 0 spiro atoms. The summed E-state index contributed by atoms with van der Waals surface area (Å²) in [5, 5.41) is 2.71. The minimum absolute atomic E-state index is 0.157. The lowest BCUT2D eigenvalue weighted by Gasteiger charge is -2.34. The number of benzene rings is 1. The average Bonchev–Trinajstić information content (AvgIpc) is 2.66. The van der Waals surface area contributed by atoms with E-state index in [1.165, 1.54) is 4.90 Å². The number of carbonyl (C=O) groups excluding carboxylic acids is 3. The quantitative estimate of drug-likeness (QED) is 0.712. The zero-order valence-corrected chi connectivity index (χ0v) is 15.3. The molecule has 2 amide bonds. The third-order valence-corrected chi connectivity index (χ3v) is 4.00. The molecule has 1 aromatic rings. The number of amides is 2. The molecule has 1 saturated heterocycles. The molecule has 1 aromatic carbocycles. The van der Waals surface area contributed by atoms with Gasteiger partial charge in [-0.15, -0.1) is 0 Å². The normalized spacial score (nSPS) is 16.8. The molecule has 26 heavy (non-hydrogen) atoms. The van der Waals surface area contributed by atoms with Crippen LogP contribution in [-0.4, -0.2) is 55.0 Å². The van der Waals surface area contributed by atoms with Crippen molar-refractivity contribution in [2.75, 3.05) is 26.3 Å². The Hall–Kier alpha value is -2.57. The highest BCUT2D eigenvalue weighted by atomic mass is 16.5. The Kier molecular flexibility index (Phi) is 7.44. The molecule has 0 saturated carbocycles. The lowest BCUT2D eigenvalue weighted by molar-refractivity contribution is -0.147. The average molecular weight is 362 g/mol. The number of nitrogens with one attached hydrogen (secondary N) is 1. The van der Waals surface area contributed by atoms with E-state index >= 15 is 0 Å². The van der Waals surface area contributed by atoms with Crippen LogP contribution in [0, 0.1) is 0 Å². The van der Waals surface area contributed by atoms with Crippen molar-refractivity contribution in [3.05, 3.63) is 29.8 Å². The lowest BCUT2D eigenvalue weighted by Crippen LogP contribution is -2.57. The molecule has 0 aromatic heterocycles. The summed E-state index contributed by atoms with van der Waals surface area (Å²) in [5.41, 5.74) is 0.391. The lowest BCUT2D eigenvalue weighted by atomic mass is 10.1. The SMILES string of the molecule is CCCOC(=O)CC1C(=O)NCCN1C(=O)c1ccccc1OCCC. The number of hydrogen-bond acceptors (Lipinski definition) is 5. The molecule has 0 radical (unpaired) electrons. The number of esters is 1. The first-order valence-electron chi connectivity index (χ1n) is 9.04. The maximum absolute atomic E-state index is 13.0. The summed E-state index contributed by atoms with van der Waals surface area (Å²) in [6.07, 6.45) is 1.36. The largest absolute Gasteiger partial charge is 0.493 e. The number of hydrogen-bond donors (Lipinski definition) is 1. The summed E-state index contributed by atoms with van der Waals surface area (Å²) in [6.45, 7) is 5.36. The molecule has 7 nitrogen and oxygen atoms in total. The second-order valence-electron chi connectivity index (χ2n) is 6.07. The molecule has 7 heteroatoms. The summed E-state index contributed by atoms with van der Waals surface area (Å²) in [6, 6.07) is 6.08. The molecule has 2 rings (SSSR count). The molecule has 1 heterocycles. The summed E-state index contributed by atoms with van der Waals surface area (Å²) < 4.78 is 10.7. The van der Waals surface area contributed by atoms with Gasteiger partial charge in [-0.05, 0) is 25.0 Å². The maximum Gasteiger partial charge on any atom is 0.308 e.